The zero-order valence-electron chi connectivity index (χ0n) is 28.0. The van der Waals surface area contributed by atoms with Crippen molar-refractivity contribution >= 4 is 17.3 Å². The number of hydrogen-bond donors (Lipinski definition) is 2. The van der Waals surface area contributed by atoms with E-state index in [0.717, 1.165) is 43.3 Å². The molecule has 0 amide bonds. The molecule has 2 aliphatic carbocycles. The van der Waals surface area contributed by atoms with Crippen LogP contribution in [0.5, 0.6) is 17.4 Å². The normalized spacial score (nSPS) is 16.7. The molecule has 0 bridgehead atoms. The molecule has 5 aromatic rings. The fourth-order valence-electron chi connectivity index (χ4n) is 5.48. The van der Waals surface area contributed by atoms with Crippen molar-refractivity contribution in [1.82, 2.24) is 19.7 Å². The number of nitrogens with zero attached hydrogens (tertiary/aromatic N) is 4. The molecule has 1 saturated heterocycles. The van der Waals surface area contributed by atoms with Gasteiger partial charge in [0.15, 0.2) is 0 Å². The van der Waals surface area contributed by atoms with Crippen molar-refractivity contribution in [3.63, 3.8) is 0 Å². The molecule has 3 aliphatic rings. The van der Waals surface area contributed by atoms with E-state index in [1.807, 2.05) is 31.2 Å². The Hall–Kier alpha value is -4.80. The summed E-state index contributed by atoms with van der Waals surface area (Å²) >= 11 is 6.33. The standard InChI is InChI=1S/C24H25ClN4O3.C9H10O.C6H6FN/c25-23-21(26-12-16-2-1-11-31-15-16)14-28-29(24(23)30)19-7-10-22(27-13-19)32-20-8-5-18(6-9-20)17-3-4-17;10-9-5-3-8(4-6-9)7-1-2-7;1-5-2-3-6(7)8-4-5/h5-10,13-14,16-17,26H,1-4,11-12,15H2;3-7,10H,1-2H2;2-4H,1H3. The Morgan fingerprint density at radius 1 is 0.900 bits per heavy atom. The van der Waals surface area contributed by atoms with E-state index in [4.69, 9.17) is 26.2 Å². The van der Waals surface area contributed by atoms with E-state index >= 15 is 0 Å². The number of aryl methyl sites for hydroxylation is 1. The molecule has 2 saturated carbocycles. The Morgan fingerprint density at radius 2 is 1.60 bits per heavy atom. The molecule has 3 fully saturated rings. The number of nitrogens with one attached hydrogen (secondary N) is 1. The van der Waals surface area contributed by atoms with Gasteiger partial charge in [-0.25, -0.2) is 9.97 Å². The van der Waals surface area contributed by atoms with Crippen LogP contribution in [0.2, 0.25) is 5.02 Å². The van der Waals surface area contributed by atoms with Gasteiger partial charge in [0.05, 0.1) is 30.4 Å². The second-order valence-corrected chi connectivity index (χ2v) is 13.3. The van der Waals surface area contributed by atoms with Gasteiger partial charge in [0.25, 0.3) is 5.56 Å². The fourth-order valence-corrected chi connectivity index (χ4v) is 5.67. The van der Waals surface area contributed by atoms with Crippen molar-refractivity contribution in [3.8, 4) is 23.1 Å². The van der Waals surface area contributed by atoms with Crippen molar-refractivity contribution < 1.29 is 19.0 Å². The van der Waals surface area contributed by atoms with Gasteiger partial charge in [-0.2, -0.15) is 14.2 Å². The first-order chi connectivity index (χ1) is 24.3. The first kappa shape index (κ1) is 35.0. The lowest BCUT2D eigenvalue weighted by Crippen LogP contribution is -2.26. The van der Waals surface area contributed by atoms with E-state index in [1.165, 1.54) is 53.8 Å². The molecule has 50 heavy (non-hydrogen) atoms. The van der Waals surface area contributed by atoms with Gasteiger partial charge in [0.1, 0.15) is 16.5 Å². The van der Waals surface area contributed by atoms with Crippen LogP contribution in [-0.4, -0.2) is 44.6 Å². The number of aromatic hydroxyl groups is 1. The number of pyridine rings is 2. The summed E-state index contributed by atoms with van der Waals surface area (Å²) < 4.78 is 24.5. The minimum Gasteiger partial charge on any atom is -0.508 e. The molecule has 8 rings (SSSR count). The topological polar surface area (TPSA) is 111 Å². The summed E-state index contributed by atoms with van der Waals surface area (Å²) in [7, 11) is 0. The third-order valence-electron chi connectivity index (χ3n) is 8.69. The molecule has 11 heteroatoms. The fraction of sp³-hybridized carbons (Fsp3) is 0.333. The van der Waals surface area contributed by atoms with Gasteiger partial charge in [0.2, 0.25) is 11.8 Å². The predicted octanol–water partition coefficient (Wildman–Crippen LogP) is 8.59. The lowest BCUT2D eigenvalue weighted by atomic mass is 10.0. The third-order valence-corrected chi connectivity index (χ3v) is 9.05. The molecular formula is C39H41ClFN5O4. The van der Waals surface area contributed by atoms with Gasteiger partial charge < -0.3 is 19.9 Å². The number of anilines is 1. The molecule has 3 aromatic heterocycles. The zero-order valence-corrected chi connectivity index (χ0v) is 28.7. The van der Waals surface area contributed by atoms with Crippen LogP contribution in [0.4, 0.5) is 10.1 Å². The zero-order chi connectivity index (χ0) is 34.9. The van der Waals surface area contributed by atoms with Crippen LogP contribution in [0.15, 0.2) is 96.2 Å². The number of halogens is 2. The highest BCUT2D eigenvalue weighted by Crippen LogP contribution is 2.41. The Bertz CT molecular complexity index is 1850. The average Bonchev–Trinajstić information content (AvgIpc) is 4.07. The summed E-state index contributed by atoms with van der Waals surface area (Å²) in [5.41, 5.74) is 4.35. The van der Waals surface area contributed by atoms with Crippen molar-refractivity contribution in [2.45, 2.75) is 57.3 Å². The number of hydrogen-bond acceptors (Lipinski definition) is 8. The maximum atomic E-state index is 12.8. The summed E-state index contributed by atoms with van der Waals surface area (Å²) in [5, 5.41) is 16.6. The number of ether oxygens (including phenoxy) is 2. The Kier molecular flexibility index (Phi) is 11.7. The van der Waals surface area contributed by atoms with E-state index in [-0.39, 0.29) is 5.02 Å². The highest BCUT2D eigenvalue weighted by Gasteiger charge is 2.23. The molecule has 0 spiro atoms. The van der Waals surface area contributed by atoms with Crippen molar-refractivity contribution in [3.05, 3.63) is 129 Å². The number of phenolic OH excluding ortho intramolecular Hbond substituents is 1. The van der Waals surface area contributed by atoms with Gasteiger partial charge in [-0.15, -0.1) is 0 Å². The van der Waals surface area contributed by atoms with E-state index in [1.54, 1.807) is 42.7 Å². The third kappa shape index (κ3) is 10.1. The molecule has 1 atom stereocenters. The maximum Gasteiger partial charge on any atom is 0.292 e. The molecule has 9 nitrogen and oxygen atoms in total. The average molecular weight is 698 g/mol. The smallest absolute Gasteiger partial charge is 0.292 e. The summed E-state index contributed by atoms with van der Waals surface area (Å²) in [4.78, 5) is 20.5. The summed E-state index contributed by atoms with van der Waals surface area (Å²) in [6, 6.07) is 22.1. The predicted molar refractivity (Wildman–Crippen MR) is 192 cm³/mol. The summed E-state index contributed by atoms with van der Waals surface area (Å²) in [6.07, 6.45) is 12.0. The quantitative estimate of drug-likeness (QED) is 0.155. The second-order valence-electron chi connectivity index (χ2n) is 12.9. The van der Waals surface area contributed by atoms with E-state index in [2.05, 4.69) is 32.5 Å². The molecular weight excluding hydrogens is 657 g/mol. The van der Waals surface area contributed by atoms with Crippen LogP contribution >= 0.6 is 11.6 Å². The Morgan fingerprint density at radius 3 is 2.16 bits per heavy atom. The lowest BCUT2D eigenvalue weighted by molar-refractivity contribution is 0.0595. The number of benzene rings is 2. The molecule has 2 N–H and O–H groups in total. The van der Waals surface area contributed by atoms with Gasteiger partial charge in [-0.05, 0) is 116 Å². The minimum atomic E-state index is -0.421. The van der Waals surface area contributed by atoms with Crippen LogP contribution < -0.4 is 15.6 Å². The second kappa shape index (κ2) is 16.7. The first-order valence-corrected chi connectivity index (χ1v) is 17.4. The molecule has 1 unspecified atom stereocenters. The van der Waals surface area contributed by atoms with Crippen LogP contribution in [0, 0.1) is 18.8 Å². The number of aromatic nitrogens is 4. The van der Waals surface area contributed by atoms with Crippen LogP contribution in [-0.2, 0) is 4.74 Å². The first-order valence-electron chi connectivity index (χ1n) is 17.0. The highest BCUT2D eigenvalue weighted by molar-refractivity contribution is 6.32. The Balaban J connectivity index is 0.000000194. The van der Waals surface area contributed by atoms with E-state index in [0.29, 0.717) is 41.4 Å². The van der Waals surface area contributed by atoms with E-state index in [9.17, 15) is 9.18 Å². The minimum absolute atomic E-state index is 0.104. The lowest BCUT2D eigenvalue weighted by Gasteiger charge is -2.22. The highest BCUT2D eigenvalue weighted by atomic mass is 35.5. The number of rotatable bonds is 8. The van der Waals surface area contributed by atoms with Gasteiger partial charge >= 0.3 is 0 Å². The largest absolute Gasteiger partial charge is 0.508 e. The van der Waals surface area contributed by atoms with Crippen molar-refractivity contribution in [2.75, 3.05) is 25.1 Å². The van der Waals surface area contributed by atoms with Gasteiger partial charge in [0, 0.05) is 25.4 Å². The Labute approximate surface area is 296 Å². The van der Waals surface area contributed by atoms with Crippen LogP contribution in [0.3, 0.4) is 0 Å². The number of phenols is 1. The summed E-state index contributed by atoms with van der Waals surface area (Å²) in [6.45, 7) is 4.10. The maximum absolute atomic E-state index is 12.8. The monoisotopic (exact) mass is 697 g/mol. The van der Waals surface area contributed by atoms with Gasteiger partial charge in [-0.1, -0.05) is 41.9 Å². The van der Waals surface area contributed by atoms with Crippen molar-refractivity contribution in [2.24, 2.45) is 5.92 Å². The SMILES string of the molecule is Cc1ccc(F)nc1.O=c1c(Cl)c(NCC2CCCOC2)cnn1-c1ccc(Oc2ccc(C3CC3)cc2)nc1.Oc1ccc(C2CC2)cc1. The van der Waals surface area contributed by atoms with Crippen LogP contribution in [0.25, 0.3) is 5.69 Å². The molecule has 4 heterocycles. The van der Waals surface area contributed by atoms with Crippen LogP contribution in [0.1, 0.15) is 67.1 Å². The molecule has 2 aromatic carbocycles. The van der Waals surface area contributed by atoms with Crippen molar-refractivity contribution in [1.29, 1.82) is 0 Å². The molecule has 260 valence electrons. The van der Waals surface area contributed by atoms with E-state index < -0.39 is 11.5 Å². The molecule has 1 aliphatic heterocycles. The van der Waals surface area contributed by atoms with Gasteiger partial charge in [-0.3, -0.25) is 4.79 Å². The summed E-state index contributed by atoms with van der Waals surface area (Å²) in [5.74, 6) is 3.03. The molecule has 0 radical (unpaired) electrons.